The van der Waals surface area contributed by atoms with Gasteiger partial charge >= 0.3 is 0 Å². The van der Waals surface area contributed by atoms with Crippen LogP contribution in [-0.2, 0) is 0 Å². The molecule has 0 atom stereocenters. The van der Waals surface area contributed by atoms with E-state index in [2.05, 4.69) is 28.5 Å². The molecule has 0 aromatic rings. The molecule has 0 saturated heterocycles. The summed E-state index contributed by atoms with van der Waals surface area (Å²) >= 11 is 2.45. The van der Waals surface area contributed by atoms with Crippen molar-refractivity contribution in [2.75, 3.05) is 4.43 Å². The van der Waals surface area contributed by atoms with Crippen molar-refractivity contribution < 1.29 is 0 Å². The van der Waals surface area contributed by atoms with Crippen LogP contribution < -0.4 is 0 Å². The molecule has 13 heavy (non-hydrogen) atoms. The second kappa shape index (κ2) is 12.3. The molecular formula is C12H20I. The van der Waals surface area contributed by atoms with Gasteiger partial charge in [-0.25, -0.2) is 0 Å². The van der Waals surface area contributed by atoms with Crippen molar-refractivity contribution in [3.8, 4) is 5.92 Å². The SMILES string of the molecule is [C]#CCCCCCCCCCCI. The molecule has 0 aliphatic heterocycles. The highest BCUT2D eigenvalue weighted by Crippen LogP contribution is 2.09. The maximum atomic E-state index is 6.74. The van der Waals surface area contributed by atoms with E-state index in [-0.39, 0.29) is 0 Å². The highest BCUT2D eigenvalue weighted by molar-refractivity contribution is 14.1. The molecule has 0 bridgehead atoms. The quantitative estimate of drug-likeness (QED) is 0.253. The third kappa shape index (κ3) is 12.3. The molecule has 0 aliphatic carbocycles. The molecular weight excluding hydrogens is 271 g/mol. The average molecular weight is 291 g/mol. The van der Waals surface area contributed by atoms with Crippen molar-refractivity contribution in [1.29, 1.82) is 0 Å². The summed E-state index contributed by atoms with van der Waals surface area (Å²) in [5.74, 6) is 2.44. The van der Waals surface area contributed by atoms with Crippen molar-refractivity contribution in [2.45, 2.75) is 57.8 Å². The Balaban J connectivity index is 2.80. The minimum Gasteiger partial charge on any atom is -0.0891 e. The predicted octanol–water partition coefficient (Wildman–Crippen LogP) is 4.52. The van der Waals surface area contributed by atoms with E-state index in [0.29, 0.717) is 0 Å². The Morgan fingerprint density at radius 1 is 0.769 bits per heavy atom. The normalized spacial score (nSPS) is 9.85. The first kappa shape index (κ1) is 13.3. The van der Waals surface area contributed by atoms with Gasteiger partial charge < -0.3 is 0 Å². The van der Waals surface area contributed by atoms with Crippen LogP contribution in [0.3, 0.4) is 0 Å². The van der Waals surface area contributed by atoms with E-state index >= 15 is 0 Å². The molecule has 0 saturated carbocycles. The number of alkyl halides is 1. The topological polar surface area (TPSA) is 0 Å². The Hall–Kier alpha value is 0.290. The molecule has 0 N–H and O–H groups in total. The predicted molar refractivity (Wildman–Crippen MR) is 67.6 cm³/mol. The van der Waals surface area contributed by atoms with Gasteiger partial charge in [-0.15, -0.1) is 0 Å². The zero-order valence-electron chi connectivity index (χ0n) is 8.45. The molecule has 0 rings (SSSR count). The van der Waals surface area contributed by atoms with Gasteiger partial charge in [-0.3, -0.25) is 0 Å². The van der Waals surface area contributed by atoms with E-state index in [4.69, 9.17) is 6.42 Å². The molecule has 0 amide bonds. The Kier molecular flexibility index (Phi) is 12.6. The van der Waals surface area contributed by atoms with Crippen LogP contribution in [0, 0.1) is 12.3 Å². The lowest BCUT2D eigenvalue weighted by Crippen LogP contribution is -1.81. The van der Waals surface area contributed by atoms with Crippen LogP contribution in [0.2, 0.25) is 0 Å². The lowest BCUT2D eigenvalue weighted by molar-refractivity contribution is 0.581. The van der Waals surface area contributed by atoms with Gasteiger partial charge in [0.1, 0.15) is 0 Å². The van der Waals surface area contributed by atoms with Crippen molar-refractivity contribution in [3.05, 3.63) is 6.42 Å². The minimum absolute atomic E-state index is 0.856. The van der Waals surface area contributed by atoms with Crippen LogP contribution in [0.4, 0.5) is 0 Å². The Labute approximate surface area is 97.0 Å². The Bertz CT molecular complexity index is 124. The third-order valence-electron chi connectivity index (χ3n) is 2.19. The van der Waals surface area contributed by atoms with Gasteiger partial charge in [0.15, 0.2) is 0 Å². The van der Waals surface area contributed by atoms with E-state index in [1.807, 2.05) is 0 Å². The van der Waals surface area contributed by atoms with Crippen LogP contribution >= 0.6 is 22.6 Å². The molecule has 0 spiro atoms. The summed E-state index contributed by atoms with van der Waals surface area (Å²) in [6.07, 6.45) is 18.4. The monoisotopic (exact) mass is 291 g/mol. The molecule has 0 nitrogen and oxygen atoms in total. The van der Waals surface area contributed by atoms with Crippen molar-refractivity contribution in [3.63, 3.8) is 0 Å². The van der Waals surface area contributed by atoms with Gasteiger partial charge in [0.05, 0.1) is 0 Å². The maximum Gasteiger partial charge on any atom is 0.00989 e. The van der Waals surface area contributed by atoms with Gasteiger partial charge in [-0.2, -0.15) is 0 Å². The van der Waals surface area contributed by atoms with E-state index in [9.17, 15) is 0 Å². The van der Waals surface area contributed by atoms with Crippen LogP contribution in [0.5, 0.6) is 0 Å². The number of unbranched alkanes of at least 4 members (excludes halogenated alkanes) is 8. The molecule has 0 unspecified atom stereocenters. The lowest BCUT2D eigenvalue weighted by Gasteiger charge is -1.99. The summed E-state index contributed by atoms with van der Waals surface area (Å²) in [7, 11) is 0. The first-order valence-corrected chi connectivity index (χ1v) is 6.90. The fourth-order valence-corrected chi connectivity index (χ4v) is 1.91. The average Bonchev–Trinajstić information content (AvgIpc) is 2.16. The Morgan fingerprint density at radius 3 is 1.69 bits per heavy atom. The zero-order valence-corrected chi connectivity index (χ0v) is 10.6. The van der Waals surface area contributed by atoms with Crippen molar-refractivity contribution in [2.24, 2.45) is 0 Å². The summed E-state index contributed by atoms with van der Waals surface area (Å²) in [4.78, 5) is 0. The number of hydrogen-bond donors (Lipinski definition) is 0. The third-order valence-corrected chi connectivity index (χ3v) is 2.95. The zero-order chi connectivity index (χ0) is 9.78. The minimum atomic E-state index is 0.856. The molecule has 0 aromatic heterocycles. The van der Waals surface area contributed by atoms with Crippen LogP contribution in [0.15, 0.2) is 0 Å². The standard InChI is InChI=1S/C12H20I/c1-2-3-4-5-6-7-8-9-10-11-12-13/h3-12H2. The fourth-order valence-electron chi connectivity index (χ4n) is 1.37. The summed E-state index contributed by atoms with van der Waals surface area (Å²) in [6.45, 7) is 0. The summed E-state index contributed by atoms with van der Waals surface area (Å²) in [5.41, 5.74) is 0. The van der Waals surface area contributed by atoms with E-state index < -0.39 is 0 Å². The number of rotatable bonds is 9. The van der Waals surface area contributed by atoms with Crippen LogP contribution in [-0.4, -0.2) is 4.43 Å². The molecule has 0 aromatic carbocycles. The molecule has 1 radical (unpaired) electrons. The van der Waals surface area contributed by atoms with E-state index in [0.717, 1.165) is 12.8 Å². The molecule has 0 fully saturated rings. The summed E-state index contributed by atoms with van der Waals surface area (Å²) in [5, 5.41) is 0. The van der Waals surface area contributed by atoms with Crippen LogP contribution in [0.1, 0.15) is 57.8 Å². The second-order valence-corrected chi connectivity index (χ2v) is 4.52. The highest BCUT2D eigenvalue weighted by Gasteiger charge is 1.90. The van der Waals surface area contributed by atoms with E-state index in [1.165, 1.54) is 49.4 Å². The van der Waals surface area contributed by atoms with Crippen molar-refractivity contribution in [1.82, 2.24) is 0 Å². The molecule has 0 heterocycles. The smallest absolute Gasteiger partial charge is 0.00989 e. The van der Waals surface area contributed by atoms with Crippen molar-refractivity contribution >= 4 is 22.6 Å². The van der Waals surface area contributed by atoms with Gasteiger partial charge in [-0.05, 0) is 23.7 Å². The first-order valence-electron chi connectivity index (χ1n) is 5.37. The summed E-state index contributed by atoms with van der Waals surface area (Å²) < 4.78 is 1.31. The van der Waals surface area contributed by atoms with Crippen LogP contribution in [0.25, 0.3) is 0 Å². The lowest BCUT2D eigenvalue weighted by atomic mass is 10.1. The largest absolute Gasteiger partial charge is 0.0891 e. The number of hydrogen-bond acceptors (Lipinski definition) is 0. The van der Waals surface area contributed by atoms with Gasteiger partial charge in [0.25, 0.3) is 0 Å². The molecule has 0 aliphatic rings. The summed E-state index contributed by atoms with van der Waals surface area (Å²) in [6, 6.07) is 0. The van der Waals surface area contributed by atoms with Gasteiger partial charge in [0.2, 0.25) is 0 Å². The first-order chi connectivity index (χ1) is 6.41. The van der Waals surface area contributed by atoms with Gasteiger partial charge in [-0.1, -0.05) is 67.0 Å². The van der Waals surface area contributed by atoms with Gasteiger partial charge in [0, 0.05) is 6.42 Å². The highest BCUT2D eigenvalue weighted by atomic mass is 127. The van der Waals surface area contributed by atoms with E-state index in [1.54, 1.807) is 0 Å². The Morgan fingerprint density at radius 2 is 1.23 bits per heavy atom. The second-order valence-electron chi connectivity index (χ2n) is 3.44. The maximum absolute atomic E-state index is 6.74. The number of halogens is 1. The molecule has 1 heteroatoms. The fraction of sp³-hybridized carbons (Fsp3) is 0.833. The molecule has 75 valence electrons.